The quantitative estimate of drug-likeness (QED) is 0.846. The summed E-state index contributed by atoms with van der Waals surface area (Å²) in [6.45, 7) is 3.96. The minimum atomic E-state index is -0.539. The molecule has 2 aromatic rings. The summed E-state index contributed by atoms with van der Waals surface area (Å²) in [5, 5.41) is 15.7. The fraction of sp³-hybridized carbons (Fsp3) is 0.250. The maximum absolute atomic E-state index is 13.3. The van der Waals surface area contributed by atoms with Gasteiger partial charge in [-0.1, -0.05) is 13.8 Å². The molecular weight excluding hydrogens is 251 g/mol. The van der Waals surface area contributed by atoms with Gasteiger partial charge in [-0.3, -0.25) is 9.67 Å². The van der Waals surface area contributed by atoms with Crippen molar-refractivity contribution < 1.29 is 4.39 Å². The summed E-state index contributed by atoms with van der Waals surface area (Å²) in [5.41, 5.74) is 0.626. The molecule has 1 aromatic carbocycles. The number of nitrogens with zero attached hydrogens (tertiary/aromatic N) is 3. The van der Waals surface area contributed by atoms with Gasteiger partial charge in [0.15, 0.2) is 4.77 Å². The second kappa shape index (κ2) is 4.70. The molecule has 0 radical (unpaired) electrons. The van der Waals surface area contributed by atoms with Crippen molar-refractivity contribution in [3.05, 3.63) is 40.2 Å². The van der Waals surface area contributed by atoms with Crippen LogP contribution in [0.15, 0.2) is 18.2 Å². The van der Waals surface area contributed by atoms with Crippen molar-refractivity contribution in [2.45, 2.75) is 19.8 Å². The smallest absolute Gasteiger partial charge is 0.199 e. The molecule has 6 heteroatoms. The Morgan fingerprint density at radius 3 is 2.83 bits per heavy atom. The van der Waals surface area contributed by atoms with Crippen LogP contribution in [0.4, 0.5) is 4.39 Å². The highest BCUT2D eigenvalue weighted by Crippen LogP contribution is 2.19. The first-order valence-electron chi connectivity index (χ1n) is 5.42. The van der Waals surface area contributed by atoms with Crippen LogP contribution in [0, 0.1) is 21.9 Å². The van der Waals surface area contributed by atoms with E-state index < -0.39 is 5.82 Å². The normalized spacial score (nSPS) is 10.6. The van der Waals surface area contributed by atoms with E-state index in [1.54, 1.807) is 10.6 Å². The van der Waals surface area contributed by atoms with Crippen LogP contribution < -0.4 is 0 Å². The summed E-state index contributed by atoms with van der Waals surface area (Å²) < 4.78 is 15.4. The van der Waals surface area contributed by atoms with Gasteiger partial charge >= 0.3 is 0 Å². The average molecular weight is 262 g/mol. The minimum absolute atomic E-state index is 0.00898. The predicted octanol–water partition coefficient (Wildman–Crippen LogP) is 3.06. The van der Waals surface area contributed by atoms with Crippen LogP contribution in [0.25, 0.3) is 5.69 Å². The molecule has 0 spiro atoms. The number of hydrogen-bond donors (Lipinski definition) is 1. The Morgan fingerprint density at radius 1 is 1.50 bits per heavy atom. The summed E-state index contributed by atoms with van der Waals surface area (Å²) in [6.07, 6.45) is 0. The van der Waals surface area contributed by atoms with Gasteiger partial charge < -0.3 is 0 Å². The number of aromatic nitrogens is 3. The third-order valence-electron chi connectivity index (χ3n) is 2.54. The zero-order valence-electron chi connectivity index (χ0n) is 9.94. The highest BCUT2D eigenvalue weighted by atomic mass is 32.1. The Morgan fingerprint density at radius 2 is 2.22 bits per heavy atom. The second-order valence-electron chi connectivity index (χ2n) is 4.15. The van der Waals surface area contributed by atoms with E-state index in [-0.39, 0.29) is 11.5 Å². The van der Waals surface area contributed by atoms with Crippen LogP contribution in [-0.2, 0) is 0 Å². The van der Waals surface area contributed by atoms with E-state index in [4.69, 9.17) is 17.5 Å². The molecule has 1 heterocycles. The molecule has 0 saturated heterocycles. The number of nitrogens with one attached hydrogen (secondary N) is 1. The van der Waals surface area contributed by atoms with Gasteiger partial charge in [0, 0.05) is 5.92 Å². The van der Waals surface area contributed by atoms with Crippen molar-refractivity contribution in [2.75, 3.05) is 0 Å². The van der Waals surface area contributed by atoms with Gasteiger partial charge in [0.25, 0.3) is 0 Å². The van der Waals surface area contributed by atoms with E-state index in [1.807, 2.05) is 19.9 Å². The zero-order chi connectivity index (χ0) is 13.3. The SMILES string of the molecule is CC(C)c1n[nH]c(=S)n1-c1ccc(F)c(C#N)c1. The molecule has 92 valence electrons. The molecule has 0 amide bonds. The molecule has 1 aromatic heterocycles. The van der Waals surface area contributed by atoms with E-state index in [0.717, 1.165) is 5.82 Å². The van der Waals surface area contributed by atoms with Gasteiger partial charge in [-0.25, -0.2) is 4.39 Å². The fourth-order valence-corrected chi connectivity index (χ4v) is 1.93. The highest BCUT2D eigenvalue weighted by molar-refractivity contribution is 7.71. The summed E-state index contributed by atoms with van der Waals surface area (Å²) >= 11 is 5.15. The second-order valence-corrected chi connectivity index (χ2v) is 4.54. The van der Waals surface area contributed by atoms with Gasteiger partial charge in [0.2, 0.25) is 0 Å². The Kier molecular flexibility index (Phi) is 3.26. The lowest BCUT2D eigenvalue weighted by Gasteiger charge is -2.09. The molecule has 1 N–H and O–H groups in total. The number of aromatic amines is 1. The molecule has 0 unspecified atom stereocenters. The van der Waals surface area contributed by atoms with Crippen molar-refractivity contribution in [2.24, 2.45) is 0 Å². The molecule has 0 aliphatic carbocycles. The summed E-state index contributed by atoms with van der Waals surface area (Å²) in [5.74, 6) is 0.367. The standard InChI is InChI=1S/C12H11FN4S/c1-7(2)11-15-16-12(18)17(11)9-3-4-10(13)8(5-9)6-14/h3-5,7H,1-2H3,(H,16,18). The van der Waals surface area contributed by atoms with E-state index in [1.165, 1.54) is 12.1 Å². The molecule has 0 aliphatic rings. The third-order valence-corrected chi connectivity index (χ3v) is 2.82. The largest absolute Gasteiger partial charge is 0.272 e. The number of rotatable bonds is 2. The molecule has 0 bridgehead atoms. The van der Waals surface area contributed by atoms with Crippen molar-refractivity contribution in [1.29, 1.82) is 5.26 Å². The van der Waals surface area contributed by atoms with Gasteiger partial charge in [-0.2, -0.15) is 10.4 Å². The van der Waals surface area contributed by atoms with Crippen molar-refractivity contribution >= 4 is 12.2 Å². The highest BCUT2D eigenvalue weighted by Gasteiger charge is 2.13. The van der Waals surface area contributed by atoms with E-state index in [9.17, 15) is 4.39 Å². The third kappa shape index (κ3) is 2.05. The topological polar surface area (TPSA) is 57.4 Å². The Labute approximate surface area is 109 Å². The lowest BCUT2D eigenvalue weighted by molar-refractivity contribution is 0.623. The van der Waals surface area contributed by atoms with Gasteiger partial charge in [0.1, 0.15) is 17.7 Å². The fourth-order valence-electron chi connectivity index (χ4n) is 1.68. The van der Waals surface area contributed by atoms with Crippen LogP contribution >= 0.6 is 12.2 Å². The first kappa shape index (κ1) is 12.5. The molecule has 4 nitrogen and oxygen atoms in total. The van der Waals surface area contributed by atoms with E-state index in [0.29, 0.717) is 10.5 Å². The number of H-pyrrole nitrogens is 1. The average Bonchev–Trinajstić information content (AvgIpc) is 2.72. The molecular formula is C12H11FN4S. The van der Waals surface area contributed by atoms with Gasteiger partial charge in [-0.05, 0) is 30.4 Å². The predicted molar refractivity (Wildman–Crippen MR) is 67.5 cm³/mol. The van der Waals surface area contributed by atoms with Crippen LogP contribution in [0.5, 0.6) is 0 Å². The number of halogens is 1. The molecule has 0 aliphatic heterocycles. The molecule has 0 atom stereocenters. The van der Waals surface area contributed by atoms with Crippen molar-refractivity contribution in [3.8, 4) is 11.8 Å². The van der Waals surface area contributed by atoms with Crippen LogP contribution in [-0.4, -0.2) is 14.8 Å². The molecule has 2 rings (SSSR count). The lowest BCUT2D eigenvalue weighted by Crippen LogP contribution is -2.04. The lowest BCUT2D eigenvalue weighted by atomic mass is 10.1. The Balaban J connectivity index is 2.66. The zero-order valence-corrected chi connectivity index (χ0v) is 10.8. The number of hydrogen-bond acceptors (Lipinski definition) is 3. The van der Waals surface area contributed by atoms with E-state index in [2.05, 4.69) is 10.2 Å². The monoisotopic (exact) mass is 262 g/mol. The maximum atomic E-state index is 13.3. The van der Waals surface area contributed by atoms with Crippen molar-refractivity contribution in [3.63, 3.8) is 0 Å². The molecule has 18 heavy (non-hydrogen) atoms. The van der Waals surface area contributed by atoms with Gasteiger partial charge in [0.05, 0.1) is 11.3 Å². The first-order valence-corrected chi connectivity index (χ1v) is 5.82. The number of nitriles is 1. The summed E-state index contributed by atoms with van der Waals surface area (Å²) in [7, 11) is 0. The summed E-state index contributed by atoms with van der Waals surface area (Å²) in [4.78, 5) is 0. The molecule has 0 saturated carbocycles. The maximum Gasteiger partial charge on any atom is 0.199 e. The van der Waals surface area contributed by atoms with Crippen LogP contribution in [0.2, 0.25) is 0 Å². The molecule has 0 fully saturated rings. The van der Waals surface area contributed by atoms with Crippen LogP contribution in [0.1, 0.15) is 31.2 Å². The summed E-state index contributed by atoms with van der Waals surface area (Å²) in [6, 6.07) is 6.11. The Hall–Kier alpha value is -2.00. The van der Waals surface area contributed by atoms with Crippen LogP contribution in [0.3, 0.4) is 0 Å². The Bertz CT molecular complexity index is 678. The minimum Gasteiger partial charge on any atom is -0.272 e. The number of benzene rings is 1. The first-order chi connectivity index (χ1) is 8.54. The van der Waals surface area contributed by atoms with Crippen molar-refractivity contribution in [1.82, 2.24) is 14.8 Å². The van der Waals surface area contributed by atoms with E-state index >= 15 is 0 Å². The van der Waals surface area contributed by atoms with Gasteiger partial charge in [-0.15, -0.1) is 0 Å².